The van der Waals surface area contributed by atoms with E-state index in [1.165, 1.54) is 0 Å². The highest BCUT2D eigenvalue weighted by Gasteiger charge is 2.08. The Morgan fingerprint density at radius 1 is 1.45 bits per heavy atom. The van der Waals surface area contributed by atoms with Crippen molar-refractivity contribution in [3.8, 4) is 0 Å². The number of nitrogens with zero attached hydrogens (tertiary/aromatic N) is 2. The lowest BCUT2D eigenvalue weighted by molar-refractivity contribution is 0.703. The van der Waals surface area contributed by atoms with E-state index in [0.717, 1.165) is 12.1 Å². The van der Waals surface area contributed by atoms with Crippen LogP contribution in [0, 0.1) is 0 Å². The van der Waals surface area contributed by atoms with Crippen LogP contribution in [0.4, 0.5) is 0 Å². The molecule has 0 saturated heterocycles. The Bertz CT molecular complexity index is 237. The Morgan fingerprint density at radius 3 is 2.64 bits per heavy atom. The van der Waals surface area contributed by atoms with E-state index in [1.807, 2.05) is 0 Å². The van der Waals surface area contributed by atoms with E-state index in [1.54, 1.807) is 12.4 Å². The standard InChI is InChI=1S/C8H11ClN2/c1-3-6(2)7-8(9)11-5-4-10-7/h4-6H,3H2,1-2H3. The summed E-state index contributed by atoms with van der Waals surface area (Å²) in [6, 6.07) is 0. The second-order valence-electron chi connectivity index (χ2n) is 2.54. The number of rotatable bonds is 2. The number of aromatic nitrogens is 2. The zero-order chi connectivity index (χ0) is 8.27. The van der Waals surface area contributed by atoms with Gasteiger partial charge in [-0.15, -0.1) is 0 Å². The van der Waals surface area contributed by atoms with Gasteiger partial charge in [0.15, 0.2) is 5.15 Å². The highest BCUT2D eigenvalue weighted by Crippen LogP contribution is 2.21. The van der Waals surface area contributed by atoms with Crippen LogP contribution in [0.1, 0.15) is 31.9 Å². The first-order valence-electron chi connectivity index (χ1n) is 3.72. The fourth-order valence-corrected chi connectivity index (χ4v) is 1.15. The molecule has 0 fully saturated rings. The number of hydrogen-bond donors (Lipinski definition) is 0. The molecule has 2 nitrogen and oxygen atoms in total. The van der Waals surface area contributed by atoms with Crippen LogP contribution in [0.15, 0.2) is 12.4 Å². The van der Waals surface area contributed by atoms with E-state index in [-0.39, 0.29) is 0 Å². The maximum absolute atomic E-state index is 5.82. The van der Waals surface area contributed by atoms with Crippen molar-refractivity contribution in [3.63, 3.8) is 0 Å². The van der Waals surface area contributed by atoms with E-state index in [4.69, 9.17) is 11.6 Å². The van der Waals surface area contributed by atoms with Crippen LogP contribution in [0.3, 0.4) is 0 Å². The molecule has 11 heavy (non-hydrogen) atoms. The van der Waals surface area contributed by atoms with Gasteiger partial charge in [0, 0.05) is 18.3 Å². The summed E-state index contributed by atoms with van der Waals surface area (Å²) >= 11 is 5.82. The highest BCUT2D eigenvalue weighted by molar-refractivity contribution is 6.30. The molecule has 0 saturated carbocycles. The topological polar surface area (TPSA) is 25.8 Å². The van der Waals surface area contributed by atoms with Crippen LogP contribution in [0.5, 0.6) is 0 Å². The average Bonchev–Trinajstić information content (AvgIpc) is 2.04. The highest BCUT2D eigenvalue weighted by atomic mass is 35.5. The summed E-state index contributed by atoms with van der Waals surface area (Å²) in [7, 11) is 0. The Hall–Kier alpha value is -0.630. The third-order valence-corrected chi connectivity index (χ3v) is 2.05. The third kappa shape index (κ3) is 1.90. The Morgan fingerprint density at radius 2 is 2.09 bits per heavy atom. The molecular weight excluding hydrogens is 160 g/mol. The van der Waals surface area contributed by atoms with Gasteiger partial charge in [0.05, 0.1) is 5.69 Å². The lowest BCUT2D eigenvalue weighted by atomic mass is 10.1. The van der Waals surface area contributed by atoms with Crippen molar-refractivity contribution in [2.75, 3.05) is 0 Å². The molecule has 1 aromatic rings. The average molecular weight is 171 g/mol. The quantitative estimate of drug-likeness (QED) is 0.682. The Labute approximate surface area is 71.6 Å². The molecule has 3 heteroatoms. The van der Waals surface area contributed by atoms with Gasteiger partial charge in [-0.2, -0.15) is 0 Å². The molecular formula is C8H11ClN2. The van der Waals surface area contributed by atoms with Crippen LogP contribution >= 0.6 is 11.6 Å². The second-order valence-corrected chi connectivity index (χ2v) is 2.90. The van der Waals surface area contributed by atoms with Gasteiger partial charge >= 0.3 is 0 Å². The molecule has 0 radical (unpaired) electrons. The summed E-state index contributed by atoms with van der Waals surface area (Å²) in [5.74, 6) is 0.399. The van der Waals surface area contributed by atoms with Crippen LogP contribution in [0.25, 0.3) is 0 Å². The molecule has 0 aromatic carbocycles. The zero-order valence-electron chi connectivity index (χ0n) is 6.71. The molecule has 0 N–H and O–H groups in total. The first kappa shape index (κ1) is 8.47. The normalized spacial score (nSPS) is 13.0. The molecule has 0 aliphatic rings. The van der Waals surface area contributed by atoms with Gasteiger partial charge in [-0.25, -0.2) is 4.98 Å². The zero-order valence-corrected chi connectivity index (χ0v) is 7.47. The molecule has 60 valence electrons. The molecule has 0 aliphatic carbocycles. The first-order valence-corrected chi connectivity index (χ1v) is 4.10. The van der Waals surface area contributed by atoms with Crippen molar-refractivity contribution in [2.24, 2.45) is 0 Å². The fourth-order valence-electron chi connectivity index (χ4n) is 0.856. The summed E-state index contributed by atoms with van der Waals surface area (Å²) in [4.78, 5) is 8.11. The van der Waals surface area contributed by atoms with E-state index >= 15 is 0 Å². The van der Waals surface area contributed by atoms with Crippen LogP contribution in [-0.2, 0) is 0 Å². The monoisotopic (exact) mass is 170 g/mol. The van der Waals surface area contributed by atoms with Crippen molar-refractivity contribution in [1.29, 1.82) is 0 Å². The fraction of sp³-hybridized carbons (Fsp3) is 0.500. The summed E-state index contributed by atoms with van der Waals surface area (Å²) < 4.78 is 0. The van der Waals surface area contributed by atoms with Gasteiger partial charge < -0.3 is 0 Å². The predicted octanol–water partition coefficient (Wildman–Crippen LogP) is 2.64. The largest absolute Gasteiger partial charge is 0.256 e. The molecule has 0 spiro atoms. The van der Waals surface area contributed by atoms with Gasteiger partial charge in [-0.1, -0.05) is 25.4 Å². The molecule has 1 atom stereocenters. The van der Waals surface area contributed by atoms with Crippen molar-refractivity contribution in [2.45, 2.75) is 26.2 Å². The van der Waals surface area contributed by atoms with E-state index in [0.29, 0.717) is 11.1 Å². The smallest absolute Gasteiger partial charge is 0.150 e. The second kappa shape index (κ2) is 3.67. The molecule has 0 amide bonds. The third-order valence-electron chi connectivity index (χ3n) is 1.76. The van der Waals surface area contributed by atoms with Crippen molar-refractivity contribution in [1.82, 2.24) is 9.97 Å². The lowest BCUT2D eigenvalue weighted by Crippen LogP contribution is -1.97. The maximum Gasteiger partial charge on any atom is 0.150 e. The lowest BCUT2D eigenvalue weighted by Gasteiger charge is -2.07. The minimum absolute atomic E-state index is 0.399. The predicted molar refractivity (Wildman–Crippen MR) is 45.7 cm³/mol. The number of halogens is 1. The SMILES string of the molecule is CCC(C)c1nccnc1Cl. The van der Waals surface area contributed by atoms with Crippen LogP contribution in [-0.4, -0.2) is 9.97 Å². The molecule has 0 bridgehead atoms. The molecule has 1 heterocycles. The minimum atomic E-state index is 0.399. The summed E-state index contributed by atoms with van der Waals surface area (Å²) in [5, 5.41) is 0.529. The van der Waals surface area contributed by atoms with E-state index < -0.39 is 0 Å². The van der Waals surface area contributed by atoms with Gasteiger partial charge in [0.1, 0.15) is 0 Å². The van der Waals surface area contributed by atoms with E-state index in [9.17, 15) is 0 Å². The molecule has 0 aliphatic heterocycles. The summed E-state index contributed by atoms with van der Waals surface area (Å²) in [6.45, 7) is 4.20. The van der Waals surface area contributed by atoms with Gasteiger partial charge in [-0.05, 0) is 6.42 Å². The minimum Gasteiger partial charge on any atom is -0.256 e. The van der Waals surface area contributed by atoms with E-state index in [2.05, 4.69) is 23.8 Å². The maximum atomic E-state index is 5.82. The summed E-state index contributed by atoms with van der Waals surface area (Å²) in [6.07, 6.45) is 4.32. The molecule has 1 unspecified atom stereocenters. The number of hydrogen-bond acceptors (Lipinski definition) is 2. The Kier molecular flexibility index (Phi) is 2.83. The molecule has 1 aromatic heterocycles. The van der Waals surface area contributed by atoms with Crippen molar-refractivity contribution in [3.05, 3.63) is 23.2 Å². The summed E-state index contributed by atoms with van der Waals surface area (Å²) in [5.41, 5.74) is 0.900. The molecule has 1 rings (SSSR count). The van der Waals surface area contributed by atoms with Gasteiger partial charge in [0.25, 0.3) is 0 Å². The van der Waals surface area contributed by atoms with Crippen LogP contribution < -0.4 is 0 Å². The van der Waals surface area contributed by atoms with Gasteiger partial charge in [-0.3, -0.25) is 4.98 Å². The Balaban J connectivity index is 2.93. The van der Waals surface area contributed by atoms with Crippen LogP contribution in [0.2, 0.25) is 5.15 Å². The first-order chi connectivity index (χ1) is 5.25. The van der Waals surface area contributed by atoms with Gasteiger partial charge in [0.2, 0.25) is 0 Å². The van der Waals surface area contributed by atoms with Crippen molar-refractivity contribution >= 4 is 11.6 Å². The van der Waals surface area contributed by atoms with Crippen molar-refractivity contribution < 1.29 is 0 Å².